The summed E-state index contributed by atoms with van der Waals surface area (Å²) in [6.07, 6.45) is 5.53. The molecule has 1 aliphatic heterocycles. The van der Waals surface area contributed by atoms with Gasteiger partial charge in [0.15, 0.2) is 5.65 Å². The van der Waals surface area contributed by atoms with Crippen LogP contribution in [0.15, 0.2) is 24.4 Å². The summed E-state index contributed by atoms with van der Waals surface area (Å²) in [6.45, 7) is 6.25. The molecule has 130 valence electrons. The maximum atomic E-state index is 4.85. The van der Waals surface area contributed by atoms with Crippen LogP contribution in [0, 0.1) is 13.8 Å². The van der Waals surface area contributed by atoms with E-state index in [1.807, 2.05) is 17.9 Å². The van der Waals surface area contributed by atoms with Crippen LogP contribution in [0.4, 0.5) is 17.5 Å². The molecule has 3 heterocycles. The van der Waals surface area contributed by atoms with Crippen molar-refractivity contribution in [3.63, 3.8) is 0 Å². The molecule has 6 heteroatoms. The maximum absolute atomic E-state index is 4.85. The molecule has 0 unspecified atom stereocenters. The van der Waals surface area contributed by atoms with E-state index < -0.39 is 0 Å². The predicted molar refractivity (Wildman–Crippen MR) is 102 cm³/mol. The summed E-state index contributed by atoms with van der Waals surface area (Å²) in [5, 5.41) is 8.85. The Hall–Kier alpha value is -2.63. The summed E-state index contributed by atoms with van der Waals surface area (Å²) in [5.41, 5.74) is 4.36. The first kappa shape index (κ1) is 15.9. The van der Waals surface area contributed by atoms with Gasteiger partial charge in [-0.25, -0.2) is 0 Å². The third-order valence-corrected chi connectivity index (χ3v) is 4.87. The van der Waals surface area contributed by atoms with Gasteiger partial charge in [0.2, 0.25) is 5.95 Å². The molecule has 2 aromatic heterocycles. The van der Waals surface area contributed by atoms with Gasteiger partial charge in [0, 0.05) is 25.8 Å². The fourth-order valence-corrected chi connectivity index (χ4v) is 3.34. The van der Waals surface area contributed by atoms with E-state index in [4.69, 9.17) is 9.97 Å². The molecule has 0 aliphatic carbocycles. The number of aryl methyl sites for hydroxylation is 3. The Kier molecular flexibility index (Phi) is 4.03. The fraction of sp³-hybridized carbons (Fsp3) is 0.421. The zero-order chi connectivity index (χ0) is 17.4. The molecule has 1 N–H and O–H groups in total. The zero-order valence-electron chi connectivity index (χ0n) is 15.1. The Morgan fingerprint density at radius 2 is 1.84 bits per heavy atom. The lowest BCUT2D eigenvalue weighted by Crippen LogP contribution is -2.31. The smallest absolute Gasteiger partial charge is 0.229 e. The summed E-state index contributed by atoms with van der Waals surface area (Å²) in [5.74, 6) is 1.62. The van der Waals surface area contributed by atoms with Crippen molar-refractivity contribution < 1.29 is 0 Å². The minimum atomic E-state index is 0.795. The molecule has 1 saturated heterocycles. The minimum absolute atomic E-state index is 0.795. The van der Waals surface area contributed by atoms with Crippen LogP contribution in [0.2, 0.25) is 0 Å². The van der Waals surface area contributed by atoms with Crippen molar-refractivity contribution in [2.24, 2.45) is 7.05 Å². The first-order valence-electron chi connectivity index (χ1n) is 8.91. The number of hydrogen-bond donors (Lipinski definition) is 1. The Morgan fingerprint density at radius 1 is 1.04 bits per heavy atom. The highest BCUT2D eigenvalue weighted by Gasteiger charge is 2.18. The number of nitrogens with zero attached hydrogens (tertiary/aromatic N) is 5. The number of fused-ring (bicyclic) bond motifs is 1. The van der Waals surface area contributed by atoms with Crippen LogP contribution < -0.4 is 10.2 Å². The highest BCUT2D eigenvalue weighted by molar-refractivity contribution is 5.89. The van der Waals surface area contributed by atoms with Crippen LogP contribution in [0.3, 0.4) is 0 Å². The summed E-state index contributed by atoms with van der Waals surface area (Å²) in [7, 11) is 1.93. The molecule has 3 aromatic rings. The van der Waals surface area contributed by atoms with Crippen LogP contribution in [-0.4, -0.2) is 32.8 Å². The van der Waals surface area contributed by atoms with Gasteiger partial charge < -0.3 is 10.2 Å². The predicted octanol–water partition coefficient (Wildman–Crippen LogP) is 3.71. The molecule has 0 amide bonds. The molecule has 4 rings (SSSR count). The van der Waals surface area contributed by atoms with Crippen molar-refractivity contribution in [1.29, 1.82) is 0 Å². The monoisotopic (exact) mass is 336 g/mol. The van der Waals surface area contributed by atoms with Crippen LogP contribution in [0.1, 0.15) is 30.4 Å². The van der Waals surface area contributed by atoms with Crippen molar-refractivity contribution >= 4 is 28.5 Å². The molecule has 1 aliphatic rings. The standard InChI is InChI=1S/C19H24N6/c1-13-7-8-14(2)16(11-13)21-17-15-12-20-24(3)18(15)23-19(22-17)25-9-5-4-6-10-25/h7-8,11-12H,4-6,9-10H2,1-3H3,(H,21,22,23). The van der Waals surface area contributed by atoms with E-state index in [1.165, 1.54) is 30.4 Å². The van der Waals surface area contributed by atoms with Gasteiger partial charge in [0.05, 0.1) is 11.6 Å². The number of piperidine rings is 1. The molecular weight excluding hydrogens is 312 g/mol. The lowest BCUT2D eigenvalue weighted by Gasteiger charge is -2.27. The SMILES string of the molecule is Cc1ccc(C)c(Nc2nc(N3CCCCC3)nc3c2cnn3C)c1. The van der Waals surface area contributed by atoms with E-state index in [9.17, 15) is 0 Å². The fourth-order valence-electron chi connectivity index (χ4n) is 3.34. The zero-order valence-corrected chi connectivity index (χ0v) is 15.1. The third kappa shape index (κ3) is 3.04. The first-order valence-corrected chi connectivity index (χ1v) is 8.91. The van der Waals surface area contributed by atoms with Crippen molar-refractivity contribution in [3.05, 3.63) is 35.5 Å². The van der Waals surface area contributed by atoms with Gasteiger partial charge in [-0.15, -0.1) is 0 Å². The van der Waals surface area contributed by atoms with Crippen molar-refractivity contribution in [1.82, 2.24) is 19.7 Å². The van der Waals surface area contributed by atoms with E-state index >= 15 is 0 Å². The summed E-state index contributed by atoms with van der Waals surface area (Å²) < 4.78 is 1.82. The average molecular weight is 336 g/mol. The molecule has 0 radical (unpaired) electrons. The third-order valence-electron chi connectivity index (χ3n) is 4.87. The maximum Gasteiger partial charge on any atom is 0.229 e. The first-order chi connectivity index (χ1) is 12.1. The lowest BCUT2D eigenvalue weighted by molar-refractivity contribution is 0.568. The summed E-state index contributed by atoms with van der Waals surface area (Å²) in [6, 6.07) is 6.41. The minimum Gasteiger partial charge on any atom is -0.341 e. The van der Waals surface area contributed by atoms with Gasteiger partial charge in [-0.3, -0.25) is 4.68 Å². The molecule has 0 spiro atoms. The van der Waals surface area contributed by atoms with Gasteiger partial charge in [0.1, 0.15) is 5.82 Å². The molecule has 0 atom stereocenters. The second kappa shape index (κ2) is 6.35. The lowest BCUT2D eigenvalue weighted by atomic mass is 10.1. The molecule has 25 heavy (non-hydrogen) atoms. The van der Waals surface area contributed by atoms with Gasteiger partial charge in [-0.1, -0.05) is 12.1 Å². The van der Waals surface area contributed by atoms with Gasteiger partial charge >= 0.3 is 0 Å². The topological polar surface area (TPSA) is 58.9 Å². The second-order valence-corrected chi connectivity index (χ2v) is 6.87. The van der Waals surface area contributed by atoms with E-state index in [-0.39, 0.29) is 0 Å². The Morgan fingerprint density at radius 3 is 2.64 bits per heavy atom. The number of rotatable bonds is 3. The summed E-state index contributed by atoms with van der Waals surface area (Å²) in [4.78, 5) is 11.9. The van der Waals surface area contributed by atoms with Crippen molar-refractivity contribution in [2.45, 2.75) is 33.1 Å². The highest BCUT2D eigenvalue weighted by atomic mass is 15.3. The molecule has 0 saturated carbocycles. The molecule has 0 bridgehead atoms. The number of benzene rings is 1. The number of aromatic nitrogens is 4. The summed E-state index contributed by atoms with van der Waals surface area (Å²) >= 11 is 0. The van der Waals surface area contributed by atoms with E-state index in [0.29, 0.717) is 0 Å². The number of nitrogens with one attached hydrogen (secondary N) is 1. The number of anilines is 3. The quantitative estimate of drug-likeness (QED) is 0.790. The number of hydrogen-bond acceptors (Lipinski definition) is 5. The van der Waals surface area contributed by atoms with Crippen LogP contribution in [0.25, 0.3) is 11.0 Å². The Bertz CT molecular complexity index is 908. The van der Waals surface area contributed by atoms with Gasteiger partial charge in [-0.2, -0.15) is 15.1 Å². The van der Waals surface area contributed by atoms with Crippen LogP contribution >= 0.6 is 0 Å². The average Bonchev–Trinajstić information content (AvgIpc) is 3.00. The van der Waals surface area contributed by atoms with E-state index in [0.717, 1.165) is 41.6 Å². The Labute approximate surface area is 147 Å². The Balaban J connectivity index is 1.79. The van der Waals surface area contributed by atoms with Gasteiger partial charge in [-0.05, 0) is 50.3 Å². The van der Waals surface area contributed by atoms with Crippen LogP contribution in [0.5, 0.6) is 0 Å². The normalized spacial score (nSPS) is 14.9. The van der Waals surface area contributed by atoms with Crippen molar-refractivity contribution in [2.75, 3.05) is 23.3 Å². The molecule has 1 fully saturated rings. The highest BCUT2D eigenvalue weighted by Crippen LogP contribution is 2.28. The van der Waals surface area contributed by atoms with Gasteiger partial charge in [0.25, 0.3) is 0 Å². The second-order valence-electron chi connectivity index (χ2n) is 6.87. The molecule has 6 nitrogen and oxygen atoms in total. The van der Waals surface area contributed by atoms with E-state index in [2.05, 4.69) is 47.4 Å². The molecular formula is C19H24N6. The van der Waals surface area contributed by atoms with Crippen molar-refractivity contribution in [3.8, 4) is 0 Å². The largest absolute Gasteiger partial charge is 0.341 e. The van der Waals surface area contributed by atoms with Crippen LogP contribution in [-0.2, 0) is 7.05 Å². The molecule has 1 aromatic carbocycles. The van der Waals surface area contributed by atoms with E-state index in [1.54, 1.807) is 0 Å².